The SMILES string of the molecule is CCCN1CCN(CC(=O)c2ccco2)CC1. The van der Waals surface area contributed by atoms with Gasteiger partial charge >= 0.3 is 0 Å². The maximum absolute atomic E-state index is 11.8. The minimum absolute atomic E-state index is 0.0824. The molecule has 0 unspecified atom stereocenters. The topological polar surface area (TPSA) is 36.7 Å². The Kier molecular flexibility index (Phi) is 4.34. The molecule has 2 rings (SSSR count). The van der Waals surface area contributed by atoms with Crippen molar-refractivity contribution in [3.8, 4) is 0 Å². The normalized spacial score (nSPS) is 18.4. The molecule has 0 aromatic carbocycles. The maximum atomic E-state index is 11.8. The fourth-order valence-electron chi connectivity index (χ4n) is 2.21. The molecule has 0 radical (unpaired) electrons. The first-order valence-corrected chi connectivity index (χ1v) is 6.31. The number of rotatable bonds is 5. The van der Waals surface area contributed by atoms with Gasteiger partial charge in [-0.15, -0.1) is 0 Å². The maximum Gasteiger partial charge on any atom is 0.211 e. The number of ketones is 1. The zero-order chi connectivity index (χ0) is 12.1. The third-order valence-corrected chi connectivity index (χ3v) is 3.17. The van der Waals surface area contributed by atoms with Crippen molar-refractivity contribution in [3.63, 3.8) is 0 Å². The predicted octanol–water partition coefficient (Wildman–Crippen LogP) is 1.49. The summed E-state index contributed by atoms with van der Waals surface area (Å²) in [5, 5.41) is 0. The Labute approximate surface area is 102 Å². The summed E-state index contributed by atoms with van der Waals surface area (Å²) < 4.78 is 5.11. The molecule has 0 spiro atoms. The van der Waals surface area contributed by atoms with Gasteiger partial charge in [0.1, 0.15) is 0 Å². The Morgan fingerprint density at radius 2 is 2.00 bits per heavy atom. The van der Waals surface area contributed by atoms with E-state index in [1.807, 2.05) is 0 Å². The van der Waals surface area contributed by atoms with Gasteiger partial charge in [-0.2, -0.15) is 0 Å². The van der Waals surface area contributed by atoms with Crippen LogP contribution in [0.15, 0.2) is 22.8 Å². The van der Waals surface area contributed by atoms with E-state index in [2.05, 4.69) is 16.7 Å². The third-order valence-electron chi connectivity index (χ3n) is 3.17. The van der Waals surface area contributed by atoms with Gasteiger partial charge in [-0.1, -0.05) is 6.92 Å². The van der Waals surface area contributed by atoms with Gasteiger partial charge < -0.3 is 9.32 Å². The lowest BCUT2D eigenvalue weighted by Gasteiger charge is -2.33. The number of hydrogen-bond acceptors (Lipinski definition) is 4. The molecule has 1 saturated heterocycles. The smallest absolute Gasteiger partial charge is 0.211 e. The van der Waals surface area contributed by atoms with Crippen molar-refractivity contribution in [1.29, 1.82) is 0 Å². The van der Waals surface area contributed by atoms with Crippen LogP contribution in [-0.4, -0.2) is 54.9 Å². The second-order valence-electron chi connectivity index (χ2n) is 4.52. The van der Waals surface area contributed by atoms with Gasteiger partial charge in [-0.3, -0.25) is 9.69 Å². The van der Waals surface area contributed by atoms with Crippen molar-refractivity contribution in [3.05, 3.63) is 24.2 Å². The highest BCUT2D eigenvalue weighted by Gasteiger charge is 2.19. The summed E-state index contributed by atoms with van der Waals surface area (Å²) in [5.74, 6) is 0.555. The standard InChI is InChI=1S/C13H20N2O2/c1-2-5-14-6-8-15(9-7-14)11-12(16)13-4-3-10-17-13/h3-4,10H,2,5-9,11H2,1H3. The van der Waals surface area contributed by atoms with E-state index < -0.39 is 0 Å². The van der Waals surface area contributed by atoms with Gasteiger partial charge in [-0.05, 0) is 25.1 Å². The number of carbonyl (C=O) groups excluding carboxylic acids is 1. The molecule has 1 aromatic heterocycles. The lowest BCUT2D eigenvalue weighted by Crippen LogP contribution is -2.47. The minimum atomic E-state index is 0.0824. The van der Waals surface area contributed by atoms with E-state index in [-0.39, 0.29) is 5.78 Å². The Hall–Kier alpha value is -1.13. The van der Waals surface area contributed by atoms with Crippen LogP contribution >= 0.6 is 0 Å². The molecule has 0 N–H and O–H groups in total. The van der Waals surface area contributed by atoms with E-state index in [4.69, 9.17) is 4.42 Å². The van der Waals surface area contributed by atoms with Crippen LogP contribution in [-0.2, 0) is 0 Å². The van der Waals surface area contributed by atoms with E-state index in [1.54, 1.807) is 18.4 Å². The van der Waals surface area contributed by atoms with Crippen molar-refractivity contribution >= 4 is 5.78 Å². The summed E-state index contributed by atoms with van der Waals surface area (Å²) in [6.07, 6.45) is 2.75. The zero-order valence-corrected chi connectivity index (χ0v) is 10.4. The Morgan fingerprint density at radius 1 is 1.29 bits per heavy atom. The lowest BCUT2D eigenvalue weighted by molar-refractivity contribution is 0.0828. The molecule has 2 heterocycles. The van der Waals surface area contributed by atoms with Crippen molar-refractivity contribution in [2.75, 3.05) is 39.3 Å². The van der Waals surface area contributed by atoms with E-state index in [1.165, 1.54) is 13.0 Å². The number of piperazine rings is 1. The second kappa shape index (κ2) is 5.98. The molecule has 1 aromatic rings. The number of hydrogen-bond donors (Lipinski definition) is 0. The van der Waals surface area contributed by atoms with Crippen LogP contribution in [0.4, 0.5) is 0 Å². The quantitative estimate of drug-likeness (QED) is 0.726. The first kappa shape index (κ1) is 12.3. The molecule has 0 amide bonds. The number of Topliss-reactive ketones (excluding diaryl/α,β-unsaturated/α-hetero) is 1. The fraction of sp³-hybridized carbons (Fsp3) is 0.615. The Morgan fingerprint density at radius 3 is 2.59 bits per heavy atom. The molecule has 0 atom stereocenters. The molecule has 1 fully saturated rings. The van der Waals surface area contributed by atoms with Gasteiger partial charge in [0.2, 0.25) is 5.78 Å². The monoisotopic (exact) mass is 236 g/mol. The molecule has 4 nitrogen and oxygen atoms in total. The summed E-state index contributed by atoms with van der Waals surface area (Å²) in [4.78, 5) is 16.5. The first-order valence-electron chi connectivity index (χ1n) is 6.31. The molecule has 0 bridgehead atoms. The van der Waals surface area contributed by atoms with Gasteiger partial charge in [0.05, 0.1) is 12.8 Å². The largest absolute Gasteiger partial charge is 0.461 e. The van der Waals surface area contributed by atoms with Crippen LogP contribution in [0.2, 0.25) is 0 Å². The molecule has 0 aliphatic carbocycles. The van der Waals surface area contributed by atoms with E-state index in [9.17, 15) is 4.79 Å². The van der Waals surface area contributed by atoms with Crippen molar-refractivity contribution in [2.24, 2.45) is 0 Å². The van der Waals surface area contributed by atoms with Crippen LogP contribution in [0, 0.1) is 0 Å². The van der Waals surface area contributed by atoms with Crippen molar-refractivity contribution in [1.82, 2.24) is 9.80 Å². The minimum Gasteiger partial charge on any atom is -0.461 e. The molecular formula is C13H20N2O2. The highest BCUT2D eigenvalue weighted by Crippen LogP contribution is 2.06. The highest BCUT2D eigenvalue weighted by molar-refractivity contribution is 5.94. The first-order chi connectivity index (χ1) is 8.29. The van der Waals surface area contributed by atoms with Crippen molar-refractivity contribution in [2.45, 2.75) is 13.3 Å². The highest BCUT2D eigenvalue weighted by atomic mass is 16.3. The van der Waals surface area contributed by atoms with Gasteiger partial charge in [0, 0.05) is 26.2 Å². The van der Waals surface area contributed by atoms with Gasteiger partial charge in [-0.25, -0.2) is 0 Å². The van der Waals surface area contributed by atoms with Crippen LogP contribution in [0.1, 0.15) is 23.9 Å². The number of carbonyl (C=O) groups is 1. The summed E-state index contributed by atoms with van der Waals surface area (Å²) in [7, 11) is 0. The second-order valence-corrected chi connectivity index (χ2v) is 4.52. The average molecular weight is 236 g/mol. The van der Waals surface area contributed by atoms with Crippen LogP contribution in [0.5, 0.6) is 0 Å². The van der Waals surface area contributed by atoms with E-state index in [0.717, 1.165) is 26.2 Å². The average Bonchev–Trinajstić information content (AvgIpc) is 2.86. The van der Waals surface area contributed by atoms with E-state index in [0.29, 0.717) is 12.3 Å². The molecule has 1 aliphatic heterocycles. The predicted molar refractivity (Wildman–Crippen MR) is 66.2 cm³/mol. The molecule has 17 heavy (non-hydrogen) atoms. The molecule has 4 heteroatoms. The molecule has 1 aliphatic rings. The molecule has 94 valence electrons. The van der Waals surface area contributed by atoms with Crippen molar-refractivity contribution < 1.29 is 9.21 Å². The summed E-state index contributed by atoms with van der Waals surface area (Å²) in [5.41, 5.74) is 0. The summed E-state index contributed by atoms with van der Waals surface area (Å²) in [6, 6.07) is 3.49. The van der Waals surface area contributed by atoms with Gasteiger partial charge in [0.25, 0.3) is 0 Å². The summed E-state index contributed by atoms with van der Waals surface area (Å²) in [6.45, 7) is 7.94. The fourth-order valence-corrected chi connectivity index (χ4v) is 2.21. The molecule has 0 saturated carbocycles. The number of furan rings is 1. The number of nitrogens with zero attached hydrogens (tertiary/aromatic N) is 2. The zero-order valence-electron chi connectivity index (χ0n) is 10.4. The van der Waals surface area contributed by atoms with Crippen LogP contribution in [0.3, 0.4) is 0 Å². The molecular weight excluding hydrogens is 216 g/mol. The van der Waals surface area contributed by atoms with Crippen LogP contribution in [0.25, 0.3) is 0 Å². The van der Waals surface area contributed by atoms with Gasteiger partial charge in [0.15, 0.2) is 5.76 Å². The Balaban J connectivity index is 1.76. The van der Waals surface area contributed by atoms with Crippen LogP contribution < -0.4 is 0 Å². The lowest BCUT2D eigenvalue weighted by atomic mass is 10.2. The third kappa shape index (κ3) is 3.41. The van der Waals surface area contributed by atoms with E-state index >= 15 is 0 Å². The Bertz CT molecular complexity index is 340. The summed E-state index contributed by atoms with van der Waals surface area (Å²) >= 11 is 0.